The summed E-state index contributed by atoms with van der Waals surface area (Å²) in [7, 11) is 0. The Kier molecular flexibility index (Phi) is 4.11. The highest BCUT2D eigenvalue weighted by Gasteiger charge is 2.50. The highest BCUT2D eigenvalue weighted by atomic mass is 35.5. The number of nitrogens with two attached hydrogens (primary N) is 1. The van der Waals surface area contributed by atoms with Crippen molar-refractivity contribution in [2.24, 2.45) is 23.7 Å². The van der Waals surface area contributed by atoms with Gasteiger partial charge in [0.25, 0.3) is 0 Å². The van der Waals surface area contributed by atoms with E-state index >= 15 is 0 Å². The molecule has 1 aromatic heterocycles. The van der Waals surface area contributed by atoms with Gasteiger partial charge in [-0.05, 0) is 74.3 Å². The van der Waals surface area contributed by atoms with Crippen molar-refractivity contribution in [1.82, 2.24) is 0 Å². The van der Waals surface area contributed by atoms with Crippen LogP contribution in [0.1, 0.15) is 37.9 Å². The molecule has 4 heteroatoms. The Bertz CT molecular complexity index is 736. The largest absolute Gasteiger partial charge is 0.455 e. The van der Waals surface area contributed by atoms with Gasteiger partial charge >= 0.3 is 0 Å². The lowest BCUT2D eigenvalue weighted by atomic mass is 9.54. The molecule has 4 aliphatic carbocycles. The van der Waals surface area contributed by atoms with Crippen molar-refractivity contribution in [3.05, 3.63) is 46.1 Å². The highest BCUT2D eigenvalue weighted by molar-refractivity contribution is 6.35. The van der Waals surface area contributed by atoms with Gasteiger partial charge in [-0.3, -0.25) is 0 Å². The molecule has 1 aromatic carbocycles. The van der Waals surface area contributed by atoms with Crippen molar-refractivity contribution in [1.29, 1.82) is 0 Å². The van der Waals surface area contributed by atoms with Crippen LogP contribution in [-0.4, -0.2) is 6.04 Å². The average Bonchev–Trinajstić information content (AvgIpc) is 3.01. The second-order valence-electron chi connectivity index (χ2n) is 8.37. The van der Waals surface area contributed by atoms with Crippen molar-refractivity contribution >= 4 is 23.2 Å². The van der Waals surface area contributed by atoms with E-state index in [0.717, 1.165) is 53.3 Å². The van der Waals surface area contributed by atoms with Gasteiger partial charge in [0.1, 0.15) is 12.3 Å². The molecule has 25 heavy (non-hydrogen) atoms. The van der Waals surface area contributed by atoms with E-state index < -0.39 is 0 Å². The molecule has 2 N–H and O–H groups in total. The molecule has 0 spiro atoms. The van der Waals surface area contributed by atoms with Gasteiger partial charge in [0.15, 0.2) is 5.76 Å². The summed E-state index contributed by atoms with van der Waals surface area (Å²) in [4.78, 5) is 0. The van der Waals surface area contributed by atoms with Crippen LogP contribution < -0.4 is 5.32 Å². The van der Waals surface area contributed by atoms with Gasteiger partial charge in [-0.25, -0.2) is 0 Å². The Labute approximate surface area is 158 Å². The summed E-state index contributed by atoms with van der Waals surface area (Å²) < 4.78 is 6.07. The van der Waals surface area contributed by atoms with Crippen molar-refractivity contribution in [2.75, 3.05) is 0 Å². The molecule has 0 amide bonds. The maximum Gasteiger partial charge on any atom is 0.158 e. The molecule has 4 fully saturated rings. The lowest BCUT2D eigenvalue weighted by molar-refractivity contribution is -0.724. The van der Waals surface area contributed by atoms with E-state index in [-0.39, 0.29) is 0 Å². The molecule has 6 rings (SSSR count). The van der Waals surface area contributed by atoms with Gasteiger partial charge in [0, 0.05) is 27.4 Å². The van der Waals surface area contributed by atoms with Crippen molar-refractivity contribution in [3.8, 4) is 11.3 Å². The lowest BCUT2D eigenvalue weighted by Crippen LogP contribution is -2.93. The zero-order valence-electron chi connectivity index (χ0n) is 14.3. The molecule has 0 aliphatic heterocycles. The number of benzene rings is 1. The molecule has 2 aromatic rings. The second-order valence-corrected chi connectivity index (χ2v) is 9.24. The van der Waals surface area contributed by atoms with Crippen molar-refractivity contribution in [2.45, 2.75) is 44.7 Å². The lowest BCUT2D eigenvalue weighted by Gasteiger charge is -2.52. The second kappa shape index (κ2) is 6.33. The highest BCUT2D eigenvalue weighted by Crippen LogP contribution is 2.52. The fourth-order valence-electron chi connectivity index (χ4n) is 5.94. The van der Waals surface area contributed by atoms with Gasteiger partial charge in [-0.15, -0.1) is 0 Å². The van der Waals surface area contributed by atoms with Crippen LogP contribution in [0.2, 0.25) is 10.0 Å². The van der Waals surface area contributed by atoms with Gasteiger partial charge in [0.2, 0.25) is 0 Å². The molecule has 0 atom stereocenters. The number of hydrogen-bond donors (Lipinski definition) is 1. The summed E-state index contributed by atoms with van der Waals surface area (Å²) in [5.74, 6) is 5.84. The third-order valence-electron chi connectivity index (χ3n) is 6.70. The van der Waals surface area contributed by atoms with Crippen LogP contribution in [0.25, 0.3) is 11.3 Å². The fourth-order valence-corrected chi connectivity index (χ4v) is 6.47. The minimum absolute atomic E-state index is 0.639. The standard InChI is InChI=1S/C21H23Cl2NO/c22-17-8-14(9-18(23)10-17)20-2-1-19(25-20)11-24-21-15-4-12-3-13(6-15)7-16(21)5-12/h1-2,8-10,12-13,15-16,21,24H,3-7,11H2/p+1. The van der Waals surface area contributed by atoms with Gasteiger partial charge < -0.3 is 9.73 Å². The SMILES string of the molecule is Clc1cc(Cl)cc(-c2ccc(C[NH2+]C3C4CC5CC(C4)CC3C5)o2)c1. The van der Waals surface area contributed by atoms with Crippen LogP contribution in [0, 0.1) is 23.7 Å². The molecular weight excluding hydrogens is 353 g/mol. The summed E-state index contributed by atoms with van der Waals surface area (Å²) in [6.45, 7) is 0.932. The molecule has 4 saturated carbocycles. The normalized spacial score (nSPS) is 33.1. The van der Waals surface area contributed by atoms with Gasteiger partial charge in [-0.1, -0.05) is 23.2 Å². The predicted molar refractivity (Wildman–Crippen MR) is 101 cm³/mol. The Morgan fingerprint density at radius 1 is 0.880 bits per heavy atom. The topological polar surface area (TPSA) is 29.8 Å². The van der Waals surface area contributed by atoms with Gasteiger partial charge in [0.05, 0.1) is 6.04 Å². The minimum atomic E-state index is 0.639. The molecule has 2 nitrogen and oxygen atoms in total. The first-order valence-electron chi connectivity index (χ1n) is 9.52. The molecule has 0 saturated heterocycles. The van der Waals surface area contributed by atoms with Crippen LogP contribution in [0.15, 0.2) is 34.7 Å². The predicted octanol–water partition coefficient (Wildman–Crippen LogP) is 5.14. The minimum Gasteiger partial charge on any atom is -0.455 e. The van der Waals surface area contributed by atoms with E-state index in [4.69, 9.17) is 27.6 Å². The molecule has 0 radical (unpaired) electrons. The van der Waals surface area contributed by atoms with E-state index in [0.29, 0.717) is 10.0 Å². The summed E-state index contributed by atoms with van der Waals surface area (Å²) in [5.41, 5.74) is 0.943. The maximum atomic E-state index is 6.11. The third kappa shape index (κ3) is 3.13. The van der Waals surface area contributed by atoms with Crippen LogP contribution in [-0.2, 0) is 6.54 Å². The Hall–Kier alpha value is -0.960. The van der Waals surface area contributed by atoms with Crippen LogP contribution in [0.3, 0.4) is 0 Å². The van der Waals surface area contributed by atoms with Gasteiger partial charge in [-0.2, -0.15) is 0 Å². The summed E-state index contributed by atoms with van der Waals surface area (Å²) in [5, 5.41) is 3.84. The first-order valence-corrected chi connectivity index (χ1v) is 10.3. The van der Waals surface area contributed by atoms with E-state index in [2.05, 4.69) is 11.4 Å². The van der Waals surface area contributed by atoms with Crippen molar-refractivity contribution < 1.29 is 9.73 Å². The molecular formula is C21H24Cl2NO+. The number of rotatable bonds is 4. The Morgan fingerprint density at radius 2 is 1.52 bits per heavy atom. The molecule has 4 bridgehead atoms. The van der Waals surface area contributed by atoms with Crippen molar-refractivity contribution in [3.63, 3.8) is 0 Å². The summed E-state index contributed by atoms with van der Waals surface area (Å²) in [6.07, 6.45) is 7.40. The molecule has 4 aliphatic rings. The van der Waals surface area contributed by atoms with E-state index in [1.807, 2.05) is 18.2 Å². The Balaban J connectivity index is 1.27. The summed E-state index contributed by atoms with van der Waals surface area (Å²) >= 11 is 12.2. The monoisotopic (exact) mass is 376 g/mol. The van der Waals surface area contributed by atoms with E-state index in [1.165, 1.54) is 32.1 Å². The molecule has 1 heterocycles. The van der Waals surface area contributed by atoms with E-state index in [1.54, 1.807) is 6.07 Å². The number of halogens is 2. The number of furan rings is 1. The number of hydrogen-bond acceptors (Lipinski definition) is 1. The molecule has 132 valence electrons. The quantitative estimate of drug-likeness (QED) is 0.785. The maximum absolute atomic E-state index is 6.11. The van der Waals surface area contributed by atoms with Crippen LogP contribution in [0.4, 0.5) is 0 Å². The zero-order valence-corrected chi connectivity index (χ0v) is 15.8. The summed E-state index contributed by atoms with van der Waals surface area (Å²) in [6, 6.07) is 10.5. The fraction of sp³-hybridized carbons (Fsp3) is 0.524. The van der Waals surface area contributed by atoms with Crippen LogP contribution >= 0.6 is 23.2 Å². The van der Waals surface area contributed by atoms with E-state index in [9.17, 15) is 0 Å². The smallest absolute Gasteiger partial charge is 0.158 e. The first kappa shape index (κ1) is 16.2. The first-order chi connectivity index (χ1) is 12.1. The van der Waals surface area contributed by atoms with Crippen LogP contribution in [0.5, 0.6) is 0 Å². The molecule has 0 unspecified atom stereocenters. The Morgan fingerprint density at radius 3 is 2.16 bits per heavy atom. The third-order valence-corrected chi connectivity index (χ3v) is 7.14. The number of quaternary nitrogens is 1. The average molecular weight is 377 g/mol. The zero-order chi connectivity index (χ0) is 17.0.